The Hall–Kier alpha value is -2.90. The summed E-state index contributed by atoms with van der Waals surface area (Å²) in [6, 6.07) is 3.40. The molecule has 0 N–H and O–H groups in total. The minimum Gasteiger partial charge on any atom is -0.481 e. The fourth-order valence-corrected chi connectivity index (χ4v) is 2.60. The molecule has 1 amide bonds. The molecule has 0 bridgehead atoms. The average molecular weight is 343 g/mol. The molecule has 2 aromatic rings. The van der Waals surface area contributed by atoms with E-state index in [2.05, 4.69) is 15.0 Å². The molecule has 0 radical (unpaired) electrons. The molecule has 0 aromatic carbocycles. The molecule has 8 nitrogen and oxygen atoms in total. The third kappa shape index (κ3) is 3.96. The van der Waals surface area contributed by atoms with Gasteiger partial charge < -0.3 is 19.3 Å². The van der Waals surface area contributed by atoms with Gasteiger partial charge in [0.1, 0.15) is 6.10 Å². The maximum absolute atomic E-state index is 12.5. The Kier molecular flexibility index (Phi) is 4.97. The topological polar surface area (TPSA) is 80.7 Å². The standard InChI is InChI=1S/C17H21N5O3/c1-21(2)14-9-18-10-16(20-14)25-13-6-7-22(11-13)17(23)12-4-5-15(24-3)19-8-12/h4-5,8-10,13H,6-7,11H2,1-3H3. The number of carbonyl (C=O) groups excluding carboxylic acids is 1. The van der Waals surface area contributed by atoms with Crippen molar-refractivity contribution in [3.63, 3.8) is 0 Å². The van der Waals surface area contributed by atoms with Crippen LogP contribution in [0.25, 0.3) is 0 Å². The molecule has 0 saturated carbocycles. The Labute approximate surface area is 146 Å². The van der Waals surface area contributed by atoms with E-state index in [9.17, 15) is 4.79 Å². The summed E-state index contributed by atoms with van der Waals surface area (Å²) in [4.78, 5) is 28.8. The Bertz CT molecular complexity index is 735. The summed E-state index contributed by atoms with van der Waals surface area (Å²) in [5.74, 6) is 1.62. The first-order chi connectivity index (χ1) is 12.1. The maximum atomic E-state index is 12.5. The van der Waals surface area contributed by atoms with Gasteiger partial charge in [-0.15, -0.1) is 0 Å². The van der Waals surface area contributed by atoms with Gasteiger partial charge in [-0.1, -0.05) is 0 Å². The van der Waals surface area contributed by atoms with Crippen LogP contribution in [0.4, 0.5) is 5.82 Å². The van der Waals surface area contributed by atoms with E-state index in [0.717, 1.165) is 12.2 Å². The van der Waals surface area contributed by atoms with Crippen LogP contribution in [0.5, 0.6) is 11.8 Å². The zero-order chi connectivity index (χ0) is 17.8. The monoisotopic (exact) mass is 343 g/mol. The summed E-state index contributed by atoms with van der Waals surface area (Å²) in [5, 5.41) is 0. The van der Waals surface area contributed by atoms with Crippen LogP contribution in [0.3, 0.4) is 0 Å². The Morgan fingerprint density at radius 2 is 2.08 bits per heavy atom. The van der Waals surface area contributed by atoms with E-state index in [-0.39, 0.29) is 12.0 Å². The highest BCUT2D eigenvalue weighted by Crippen LogP contribution is 2.20. The molecule has 1 aliphatic heterocycles. The van der Waals surface area contributed by atoms with E-state index >= 15 is 0 Å². The minimum atomic E-state index is -0.0955. The van der Waals surface area contributed by atoms with Crippen molar-refractivity contribution in [3.05, 3.63) is 36.3 Å². The van der Waals surface area contributed by atoms with Gasteiger partial charge in [0.2, 0.25) is 11.8 Å². The number of carbonyl (C=O) groups is 1. The van der Waals surface area contributed by atoms with Crippen LogP contribution in [-0.4, -0.2) is 66.2 Å². The molecule has 1 saturated heterocycles. The van der Waals surface area contributed by atoms with Crippen molar-refractivity contribution in [2.24, 2.45) is 0 Å². The summed E-state index contributed by atoms with van der Waals surface area (Å²) in [6.45, 7) is 1.15. The zero-order valence-corrected chi connectivity index (χ0v) is 14.5. The second-order valence-corrected chi connectivity index (χ2v) is 5.98. The lowest BCUT2D eigenvalue weighted by Gasteiger charge is -2.17. The number of likely N-dealkylation sites (tertiary alicyclic amines) is 1. The quantitative estimate of drug-likeness (QED) is 0.808. The van der Waals surface area contributed by atoms with Crippen LogP contribution in [0, 0.1) is 0 Å². The summed E-state index contributed by atoms with van der Waals surface area (Å²) in [7, 11) is 5.33. The molecule has 1 unspecified atom stereocenters. The average Bonchev–Trinajstić information content (AvgIpc) is 3.10. The highest BCUT2D eigenvalue weighted by Gasteiger charge is 2.29. The molecule has 0 aliphatic carbocycles. The van der Waals surface area contributed by atoms with Crippen LogP contribution in [0.2, 0.25) is 0 Å². The zero-order valence-electron chi connectivity index (χ0n) is 14.5. The molecule has 3 rings (SSSR count). The Balaban J connectivity index is 1.61. The SMILES string of the molecule is COc1ccc(C(=O)N2CCC(Oc3cncc(N(C)C)n3)C2)cn1. The lowest BCUT2D eigenvalue weighted by atomic mass is 10.2. The van der Waals surface area contributed by atoms with Crippen molar-refractivity contribution < 1.29 is 14.3 Å². The van der Waals surface area contributed by atoms with Crippen LogP contribution >= 0.6 is 0 Å². The van der Waals surface area contributed by atoms with Crippen LogP contribution in [0.1, 0.15) is 16.8 Å². The highest BCUT2D eigenvalue weighted by atomic mass is 16.5. The molecule has 0 spiro atoms. The maximum Gasteiger partial charge on any atom is 0.255 e. The van der Waals surface area contributed by atoms with Crippen molar-refractivity contribution in [3.8, 4) is 11.8 Å². The first kappa shape index (κ1) is 16.9. The number of rotatable bonds is 5. The van der Waals surface area contributed by atoms with E-state index in [1.54, 1.807) is 36.5 Å². The van der Waals surface area contributed by atoms with E-state index in [1.807, 2.05) is 19.0 Å². The molecule has 1 atom stereocenters. The second-order valence-electron chi connectivity index (χ2n) is 5.98. The van der Waals surface area contributed by atoms with E-state index < -0.39 is 0 Å². The molecule has 8 heteroatoms. The summed E-state index contributed by atoms with van der Waals surface area (Å²) in [5.41, 5.74) is 0.538. The molecule has 132 valence electrons. The van der Waals surface area contributed by atoms with Crippen molar-refractivity contribution in [1.29, 1.82) is 0 Å². The number of aromatic nitrogens is 3. The Morgan fingerprint density at radius 1 is 1.24 bits per heavy atom. The highest BCUT2D eigenvalue weighted by molar-refractivity contribution is 5.94. The molecule has 1 aliphatic rings. The van der Waals surface area contributed by atoms with Crippen LogP contribution < -0.4 is 14.4 Å². The molecule has 25 heavy (non-hydrogen) atoms. The molecular formula is C17H21N5O3. The van der Waals surface area contributed by atoms with E-state index in [1.165, 1.54) is 6.20 Å². The van der Waals surface area contributed by atoms with Gasteiger partial charge in [-0.25, -0.2) is 4.98 Å². The van der Waals surface area contributed by atoms with Gasteiger partial charge in [0.05, 0.1) is 31.6 Å². The first-order valence-electron chi connectivity index (χ1n) is 8.02. The molecule has 2 aromatic heterocycles. The number of amides is 1. The largest absolute Gasteiger partial charge is 0.481 e. The lowest BCUT2D eigenvalue weighted by molar-refractivity contribution is 0.0770. The van der Waals surface area contributed by atoms with Crippen molar-refractivity contribution in [1.82, 2.24) is 19.9 Å². The van der Waals surface area contributed by atoms with Crippen molar-refractivity contribution >= 4 is 11.7 Å². The lowest BCUT2D eigenvalue weighted by Crippen LogP contribution is -2.31. The number of nitrogens with zero attached hydrogens (tertiary/aromatic N) is 5. The van der Waals surface area contributed by atoms with Gasteiger partial charge in [0.25, 0.3) is 5.91 Å². The van der Waals surface area contributed by atoms with Gasteiger partial charge >= 0.3 is 0 Å². The van der Waals surface area contributed by atoms with Gasteiger partial charge in [-0.05, 0) is 6.07 Å². The number of ether oxygens (including phenoxy) is 2. The predicted octanol–water partition coefficient (Wildman–Crippen LogP) is 1.24. The normalized spacial score (nSPS) is 16.6. The number of anilines is 1. The van der Waals surface area contributed by atoms with E-state index in [0.29, 0.717) is 30.4 Å². The fourth-order valence-electron chi connectivity index (χ4n) is 2.60. The van der Waals surface area contributed by atoms with Gasteiger partial charge in [-0.3, -0.25) is 9.78 Å². The van der Waals surface area contributed by atoms with Crippen molar-refractivity contribution in [2.75, 3.05) is 39.2 Å². The summed E-state index contributed by atoms with van der Waals surface area (Å²) in [6.07, 6.45) is 5.45. The molecule has 3 heterocycles. The number of hydrogen-bond donors (Lipinski definition) is 0. The van der Waals surface area contributed by atoms with Crippen LogP contribution in [-0.2, 0) is 0 Å². The van der Waals surface area contributed by atoms with Gasteiger partial charge in [0, 0.05) is 39.3 Å². The molecular weight excluding hydrogens is 322 g/mol. The van der Waals surface area contributed by atoms with Crippen LogP contribution in [0.15, 0.2) is 30.7 Å². The first-order valence-corrected chi connectivity index (χ1v) is 8.02. The number of methoxy groups -OCH3 is 1. The number of hydrogen-bond acceptors (Lipinski definition) is 7. The predicted molar refractivity (Wildman–Crippen MR) is 92.1 cm³/mol. The Morgan fingerprint density at radius 3 is 2.76 bits per heavy atom. The number of pyridine rings is 1. The van der Waals surface area contributed by atoms with Crippen molar-refractivity contribution in [2.45, 2.75) is 12.5 Å². The smallest absolute Gasteiger partial charge is 0.255 e. The molecule has 1 fully saturated rings. The third-order valence-corrected chi connectivity index (χ3v) is 3.97. The van der Waals surface area contributed by atoms with E-state index in [4.69, 9.17) is 9.47 Å². The minimum absolute atomic E-state index is 0.0608. The van der Waals surface area contributed by atoms with Gasteiger partial charge in [0.15, 0.2) is 5.82 Å². The second kappa shape index (κ2) is 7.33. The fraction of sp³-hybridized carbons (Fsp3) is 0.412. The van der Waals surface area contributed by atoms with Gasteiger partial charge in [-0.2, -0.15) is 4.98 Å². The summed E-state index contributed by atoms with van der Waals surface area (Å²) >= 11 is 0. The third-order valence-electron chi connectivity index (χ3n) is 3.97. The summed E-state index contributed by atoms with van der Waals surface area (Å²) < 4.78 is 10.9.